The molecule has 1 aliphatic rings. The van der Waals surface area contributed by atoms with E-state index in [1.165, 1.54) is 4.90 Å². The van der Waals surface area contributed by atoms with Crippen LogP contribution in [0.15, 0.2) is 60.7 Å². The number of hydrogen-bond donors (Lipinski definition) is 2. The standard InChI is InChI=1S/C25H18F4N4O2/c26-20-8-7-17(25(27,28)29)11-18(20)24(35)33-12-19-21(13-33)31-32-23(19)30-22(34)10-14-5-6-15-3-1-2-4-16(15)9-14/h1-9,11H,10,12-13H2,(H2,30,31,32,34). The monoisotopic (exact) mass is 482 g/mol. The van der Waals surface area contributed by atoms with Gasteiger partial charge >= 0.3 is 6.18 Å². The van der Waals surface area contributed by atoms with Crippen LogP contribution < -0.4 is 5.32 Å². The third kappa shape index (κ3) is 4.46. The van der Waals surface area contributed by atoms with Gasteiger partial charge in [0.1, 0.15) is 5.82 Å². The Kier molecular flexibility index (Phi) is 5.50. The summed E-state index contributed by atoms with van der Waals surface area (Å²) >= 11 is 0. The van der Waals surface area contributed by atoms with Crippen molar-refractivity contribution in [3.63, 3.8) is 0 Å². The number of carbonyl (C=O) groups is 2. The number of alkyl halides is 3. The molecular formula is C25H18F4N4O2. The van der Waals surface area contributed by atoms with Gasteiger partial charge < -0.3 is 10.2 Å². The molecule has 0 saturated carbocycles. The molecule has 3 aromatic carbocycles. The number of benzene rings is 3. The van der Waals surface area contributed by atoms with Crippen molar-refractivity contribution in [2.24, 2.45) is 0 Å². The normalized spacial score (nSPS) is 13.2. The first-order chi connectivity index (χ1) is 16.7. The molecule has 0 spiro atoms. The van der Waals surface area contributed by atoms with E-state index in [1.807, 2.05) is 42.5 Å². The molecule has 2 amide bonds. The van der Waals surface area contributed by atoms with E-state index in [-0.39, 0.29) is 31.2 Å². The summed E-state index contributed by atoms with van der Waals surface area (Å²) in [6, 6.07) is 15.2. The minimum Gasteiger partial charge on any atom is -0.328 e. The van der Waals surface area contributed by atoms with Gasteiger partial charge in [-0.25, -0.2) is 4.39 Å². The first-order valence-corrected chi connectivity index (χ1v) is 10.7. The largest absolute Gasteiger partial charge is 0.416 e. The summed E-state index contributed by atoms with van der Waals surface area (Å²) in [6.07, 6.45) is -4.60. The van der Waals surface area contributed by atoms with Crippen molar-refractivity contribution in [3.05, 3.63) is 94.4 Å². The Labute approximate surface area is 196 Å². The maximum Gasteiger partial charge on any atom is 0.416 e. The Morgan fingerprint density at radius 2 is 1.77 bits per heavy atom. The van der Waals surface area contributed by atoms with Crippen LogP contribution in [-0.2, 0) is 30.5 Å². The lowest BCUT2D eigenvalue weighted by Crippen LogP contribution is -2.27. The topological polar surface area (TPSA) is 78.1 Å². The lowest BCUT2D eigenvalue weighted by atomic mass is 10.0. The molecule has 0 bridgehead atoms. The van der Waals surface area contributed by atoms with Gasteiger partial charge in [0.15, 0.2) is 5.82 Å². The van der Waals surface area contributed by atoms with Gasteiger partial charge in [-0.05, 0) is 34.5 Å². The van der Waals surface area contributed by atoms with Gasteiger partial charge in [-0.3, -0.25) is 14.7 Å². The van der Waals surface area contributed by atoms with Crippen LogP contribution >= 0.6 is 0 Å². The number of fused-ring (bicyclic) bond motifs is 2. The molecule has 0 radical (unpaired) electrons. The van der Waals surface area contributed by atoms with Crippen LogP contribution in [0.2, 0.25) is 0 Å². The van der Waals surface area contributed by atoms with E-state index in [4.69, 9.17) is 0 Å². The molecule has 5 rings (SSSR count). The molecule has 0 saturated heterocycles. The number of H-pyrrole nitrogens is 1. The van der Waals surface area contributed by atoms with E-state index in [2.05, 4.69) is 15.5 Å². The lowest BCUT2D eigenvalue weighted by Gasteiger charge is -2.17. The van der Waals surface area contributed by atoms with Crippen LogP contribution in [0.3, 0.4) is 0 Å². The van der Waals surface area contributed by atoms with Gasteiger partial charge in [0, 0.05) is 5.56 Å². The zero-order valence-corrected chi connectivity index (χ0v) is 18.1. The van der Waals surface area contributed by atoms with Crippen LogP contribution in [0.1, 0.15) is 32.7 Å². The SMILES string of the molecule is O=C(Cc1ccc2ccccc2c1)Nc1n[nH]c2c1CN(C(=O)c1cc(C(F)(F)F)ccc1F)C2. The van der Waals surface area contributed by atoms with Crippen molar-refractivity contribution in [1.29, 1.82) is 0 Å². The Morgan fingerprint density at radius 1 is 1.00 bits per heavy atom. The number of aromatic amines is 1. The quantitative estimate of drug-likeness (QED) is 0.400. The molecule has 2 heterocycles. The molecule has 178 valence electrons. The van der Waals surface area contributed by atoms with Gasteiger partial charge in [0.05, 0.1) is 36.3 Å². The van der Waals surface area contributed by atoms with Crippen molar-refractivity contribution in [2.45, 2.75) is 25.7 Å². The summed E-state index contributed by atoms with van der Waals surface area (Å²) in [5.74, 6) is -2.01. The number of nitrogens with zero attached hydrogens (tertiary/aromatic N) is 2. The zero-order valence-electron chi connectivity index (χ0n) is 18.1. The third-order valence-corrected chi connectivity index (χ3v) is 5.90. The third-order valence-electron chi connectivity index (χ3n) is 5.90. The first-order valence-electron chi connectivity index (χ1n) is 10.7. The minimum atomic E-state index is -4.70. The number of amides is 2. The molecule has 0 fully saturated rings. The Bertz CT molecular complexity index is 1460. The molecule has 0 aliphatic carbocycles. The average molecular weight is 482 g/mol. The summed E-state index contributed by atoms with van der Waals surface area (Å²) in [7, 11) is 0. The molecule has 0 unspecified atom stereocenters. The number of aromatic nitrogens is 2. The van der Waals surface area contributed by atoms with E-state index in [9.17, 15) is 27.2 Å². The lowest BCUT2D eigenvalue weighted by molar-refractivity contribution is -0.137. The van der Waals surface area contributed by atoms with Crippen LogP contribution in [0.25, 0.3) is 10.8 Å². The van der Waals surface area contributed by atoms with E-state index in [0.717, 1.165) is 16.3 Å². The molecule has 4 aromatic rings. The average Bonchev–Trinajstić information content (AvgIpc) is 3.40. The fraction of sp³-hybridized carbons (Fsp3) is 0.160. The summed E-state index contributed by atoms with van der Waals surface area (Å²) in [5, 5.41) is 11.6. The molecule has 35 heavy (non-hydrogen) atoms. The van der Waals surface area contributed by atoms with Crippen molar-refractivity contribution >= 4 is 28.4 Å². The van der Waals surface area contributed by atoms with E-state index >= 15 is 0 Å². The fourth-order valence-corrected chi connectivity index (χ4v) is 4.13. The summed E-state index contributed by atoms with van der Waals surface area (Å²) < 4.78 is 53.2. The Hall–Kier alpha value is -4.21. The highest BCUT2D eigenvalue weighted by Gasteiger charge is 2.34. The Balaban J connectivity index is 1.29. The second-order valence-corrected chi connectivity index (χ2v) is 8.29. The number of halogens is 4. The van der Waals surface area contributed by atoms with Gasteiger partial charge in [-0.1, -0.05) is 42.5 Å². The maximum atomic E-state index is 14.2. The van der Waals surface area contributed by atoms with Crippen molar-refractivity contribution in [2.75, 3.05) is 5.32 Å². The van der Waals surface area contributed by atoms with E-state index in [0.29, 0.717) is 29.5 Å². The molecular weight excluding hydrogens is 464 g/mol. The van der Waals surface area contributed by atoms with Crippen LogP contribution in [0.5, 0.6) is 0 Å². The number of anilines is 1. The molecule has 2 N–H and O–H groups in total. The molecule has 6 nitrogen and oxygen atoms in total. The highest BCUT2D eigenvalue weighted by Crippen LogP contribution is 2.32. The second kappa shape index (κ2) is 8.53. The predicted molar refractivity (Wildman–Crippen MR) is 120 cm³/mol. The van der Waals surface area contributed by atoms with Gasteiger partial charge in [0.2, 0.25) is 5.91 Å². The van der Waals surface area contributed by atoms with Gasteiger partial charge in [-0.2, -0.15) is 18.3 Å². The van der Waals surface area contributed by atoms with Crippen LogP contribution in [-0.4, -0.2) is 26.9 Å². The fourth-order valence-electron chi connectivity index (χ4n) is 4.13. The molecule has 0 atom stereocenters. The summed E-state index contributed by atoms with van der Waals surface area (Å²) in [5.41, 5.74) is 0.0812. The molecule has 1 aromatic heterocycles. The smallest absolute Gasteiger partial charge is 0.328 e. The van der Waals surface area contributed by atoms with Crippen molar-refractivity contribution in [1.82, 2.24) is 15.1 Å². The maximum absolute atomic E-state index is 14.2. The number of carbonyl (C=O) groups excluding carboxylic acids is 2. The zero-order chi connectivity index (χ0) is 24.7. The summed E-state index contributed by atoms with van der Waals surface area (Å²) in [4.78, 5) is 26.6. The van der Waals surface area contributed by atoms with Gasteiger partial charge in [-0.15, -0.1) is 0 Å². The first kappa shape index (κ1) is 22.6. The number of rotatable bonds is 4. The van der Waals surface area contributed by atoms with E-state index < -0.39 is 29.0 Å². The van der Waals surface area contributed by atoms with Crippen molar-refractivity contribution < 1.29 is 27.2 Å². The number of hydrogen-bond acceptors (Lipinski definition) is 3. The molecule has 10 heteroatoms. The molecule has 1 aliphatic heterocycles. The summed E-state index contributed by atoms with van der Waals surface area (Å²) in [6.45, 7) is -0.0384. The highest BCUT2D eigenvalue weighted by atomic mass is 19.4. The predicted octanol–water partition coefficient (Wildman–Crippen LogP) is 5.06. The van der Waals surface area contributed by atoms with Crippen molar-refractivity contribution in [3.8, 4) is 0 Å². The highest BCUT2D eigenvalue weighted by molar-refractivity contribution is 5.96. The van der Waals surface area contributed by atoms with Gasteiger partial charge in [0.25, 0.3) is 5.91 Å². The minimum absolute atomic E-state index is 0.00258. The van der Waals surface area contributed by atoms with E-state index in [1.54, 1.807) is 0 Å². The Morgan fingerprint density at radius 3 is 2.54 bits per heavy atom. The second-order valence-electron chi connectivity index (χ2n) is 8.29. The van der Waals surface area contributed by atoms with Crippen LogP contribution in [0, 0.1) is 5.82 Å². The number of nitrogens with one attached hydrogen (secondary N) is 2. The van der Waals surface area contributed by atoms with Crippen LogP contribution in [0.4, 0.5) is 23.4 Å².